The third kappa shape index (κ3) is 5.56. The van der Waals surface area contributed by atoms with Crippen molar-refractivity contribution >= 4 is 6.01 Å². The Kier molecular flexibility index (Phi) is 4.31. The van der Waals surface area contributed by atoms with Crippen molar-refractivity contribution in [3.05, 3.63) is 0 Å². The lowest BCUT2D eigenvalue weighted by Gasteiger charge is -2.26. The third-order valence-corrected chi connectivity index (χ3v) is 2.20. The topological polar surface area (TPSA) is 62.2 Å². The molecule has 3 N–H and O–H groups in total. The van der Waals surface area contributed by atoms with Crippen molar-refractivity contribution < 1.29 is 0 Å². The Labute approximate surface area is 80.9 Å². The van der Waals surface area contributed by atoms with Crippen LogP contribution in [0.4, 0.5) is 0 Å². The molecule has 0 amide bonds. The number of hydrogen-bond donors (Lipinski definition) is 2. The van der Waals surface area contributed by atoms with Gasteiger partial charge >= 0.3 is 0 Å². The zero-order valence-corrected chi connectivity index (χ0v) is 9.15. The monoisotopic (exact) mass is 183 g/mol. The van der Waals surface area contributed by atoms with Crippen LogP contribution in [0, 0.1) is 10.8 Å². The van der Waals surface area contributed by atoms with Gasteiger partial charge in [-0.1, -0.05) is 27.7 Å². The van der Waals surface area contributed by atoms with E-state index in [1.54, 1.807) is 0 Å². The highest BCUT2D eigenvalue weighted by Gasteiger charge is 2.23. The Morgan fingerprint density at radius 3 is 2.15 bits per heavy atom. The molecule has 76 valence electrons. The van der Waals surface area contributed by atoms with E-state index in [9.17, 15) is 0 Å². The van der Waals surface area contributed by atoms with Gasteiger partial charge in [0.15, 0.2) is 0 Å². The fourth-order valence-corrected chi connectivity index (χ4v) is 1.01. The quantitative estimate of drug-likeness (QED) is 0.647. The lowest BCUT2D eigenvalue weighted by atomic mass is 9.86. The van der Waals surface area contributed by atoms with E-state index in [4.69, 9.17) is 11.1 Å². The molecule has 3 heteroatoms. The molecule has 0 saturated heterocycles. The molecule has 1 atom stereocenters. The lowest BCUT2D eigenvalue weighted by molar-refractivity contribution is 0.292. The molecule has 0 fully saturated rings. The summed E-state index contributed by atoms with van der Waals surface area (Å²) >= 11 is 0. The second-order valence-electron chi connectivity index (χ2n) is 4.74. The Hall–Kier alpha value is -0.660. The summed E-state index contributed by atoms with van der Waals surface area (Å²) in [5.74, 6) is 0. The second kappa shape index (κ2) is 4.54. The van der Waals surface area contributed by atoms with Gasteiger partial charge in [-0.15, -0.1) is 0 Å². The molecule has 0 heterocycles. The SMILES string of the molecule is CCC(N)(CCC(C)(C)C)N=C=N. The first-order valence-electron chi connectivity index (χ1n) is 4.75. The molecule has 0 rings (SSSR count). The summed E-state index contributed by atoms with van der Waals surface area (Å²) in [5, 5.41) is 6.80. The smallest absolute Gasteiger partial charge is 0.119 e. The van der Waals surface area contributed by atoms with E-state index in [0.717, 1.165) is 19.3 Å². The highest BCUT2D eigenvalue weighted by molar-refractivity contribution is 5.37. The first-order valence-corrected chi connectivity index (χ1v) is 4.75. The van der Waals surface area contributed by atoms with Crippen molar-refractivity contribution in [2.75, 3.05) is 0 Å². The van der Waals surface area contributed by atoms with Gasteiger partial charge in [0, 0.05) is 0 Å². The number of nitrogens with two attached hydrogens (primary N) is 1. The maximum atomic E-state index is 6.80. The van der Waals surface area contributed by atoms with Gasteiger partial charge in [0.25, 0.3) is 0 Å². The second-order valence-corrected chi connectivity index (χ2v) is 4.74. The van der Waals surface area contributed by atoms with Crippen molar-refractivity contribution in [2.45, 2.75) is 52.6 Å². The standard InChI is InChI=1S/C10H21N3/c1-5-10(12,13-8-11)7-6-9(2,3)4/h11H,5-7,12H2,1-4H3. The van der Waals surface area contributed by atoms with Crippen LogP contribution in [0.25, 0.3) is 0 Å². The van der Waals surface area contributed by atoms with Crippen molar-refractivity contribution in [2.24, 2.45) is 16.1 Å². The van der Waals surface area contributed by atoms with Crippen molar-refractivity contribution in [3.63, 3.8) is 0 Å². The van der Waals surface area contributed by atoms with Crippen LogP contribution in [0.15, 0.2) is 4.99 Å². The minimum absolute atomic E-state index is 0.275. The van der Waals surface area contributed by atoms with Gasteiger partial charge in [0.1, 0.15) is 5.66 Å². The Bertz CT molecular complexity index is 199. The molecule has 13 heavy (non-hydrogen) atoms. The number of nitrogens with one attached hydrogen (secondary N) is 1. The summed E-state index contributed by atoms with van der Waals surface area (Å²) in [6.07, 6.45) is 2.59. The molecule has 0 aromatic rings. The van der Waals surface area contributed by atoms with E-state index in [1.165, 1.54) is 0 Å². The van der Waals surface area contributed by atoms with Crippen LogP contribution in [0.2, 0.25) is 0 Å². The van der Waals surface area contributed by atoms with Crippen LogP contribution in [-0.4, -0.2) is 11.7 Å². The highest BCUT2D eigenvalue weighted by Crippen LogP contribution is 2.26. The number of nitrogens with zero attached hydrogens (tertiary/aromatic N) is 1. The number of aliphatic imine (C=N–C) groups is 1. The molecule has 0 aromatic heterocycles. The summed E-state index contributed by atoms with van der Waals surface area (Å²) < 4.78 is 0. The van der Waals surface area contributed by atoms with Crippen LogP contribution in [-0.2, 0) is 0 Å². The van der Waals surface area contributed by atoms with Gasteiger partial charge < -0.3 is 5.73 Å². The maximum absolute atomic E-state index is 6.80. The molecule has 3 nitrogen and oxygen atoms in total. The fourth-order valence-electron chi connectivity index (χ4n) is 1.01. The van der Waals surface area contributed by atoms with E-state index in [0.29, 0.717) is 0 Å². The zero-order chi connectivity index (χ0) is 10.5. The summed E-state index contributed by atoms with van der Waals surface area (Å²) in [6, 6.07) is 2.05. The first kappa shape index (κ1) is 12.3. The van der Waals surface area contributed by atoms with Gasteiger partial charge in [0.05, 0.1) is 6.01 Å². The third-order valence-electron chi connectivity index (χ3n) is 2.20. The largest absolute Gasteiger partial charge is 0.306 e. The van der Waals surface area contributed by atoms with Crippen LogP contribution in [0.3, 0.4) is 0 Å². The van der Waals surface area contributed by atoms with E-state index in [1.807, 2.05) is 12.9 Å². The average Bonchev–Trinajstić information content (AvgIpc) is 2.01. The molecule has 0 aliphatic rings. The molecular formula is C10H21N3. The van der Waals surface area contributed by atoms with Crippen molar-refractivity contribution in [3.8, 4) is 0 Å². The molecule has 0 saturated carbocycles. The minimum atomic E-state index is -0.574. The average molecular weight is 183 g/mol. The van der Waals surface area contributed by atoms with Gasteiger partial charge in [-0.3, -0.25) is 0 Å². The molecule has 0 aromatic carbocycles. The van der Waals surface area contributed by atoms with Crippen molar-refractivity contribution in [1.82, 2.24) is 0 Å². The summed E-state index contributed by atoms with van der Waals surface area (Å²) in [4.78, 5) is 3.87. The highest BCUT2D eigenvalue weighted by atomic mass is 15.0. The summed E-state index contributed by atoms with van der Waals surface area (Å²) in [7, 11) is 0. The minimum Gasteiger partial charge on any atom is -0.306 e. The number of hydrogen-bond acceptors (Lipinski definition) is 3. The van der Waals surface area contributed by atoms with Gasteiger partial charge in [-0.05, 0) is 24.7 Å². The molecule has 0 bridgehead atoms. The normalized spacial score (nSPS) is 16.1. The van der Waals surface area contributed by atoms with Gasteiger partial charge in [-0.25, -0.2) is 10.4 Å². The van der Waals surface area contributed by atoms with E-state index >= 15 is 0 Å². The van der Waals surface area contributed by atoms with Crippen LogP contribution < -0.4 is 5.73 Å². The molecule has 0 aliphatic carbocycles. The Morgan fingerprint density at radius 2 is 1.85 bits per heavy atom. The zero-order valence-electron chi connectivity index (χ0n) is 9.15. The first-order chi connectivity index (χ1) is 5.83. The van der Waals surface area contributed by atoms with Crippen LogP contribution >= 0.6 is 0 Å². The van der Waals surface area contributed by atoms with Gasteiger partial charge in [0.2, 0.25) is 0 Å². The lowest BCUT2D eigenvalue weighted by Crippen LogP contribution is -2.37. The molecular weight excluding hydrogens is 162 g/mol. The molecule has 0 spiro atoms. The molecule has 1 unspecified atom stereocenters. The molecule has 0 radical (unpaired) electrons. The summed E-state index contributed by atoms with van der Waals surface area (Å²) in [6.45, 7) is 8.52. The summed E-state index contributed by atoms with van der Waals surface area (Å²) in [5.41, 5.74) is 5.67. The van der Waals surface area contributed by atoms with E-state index < -0.39 is 5.66 Å². The predicted octanol–water partition coefficient (Wildman–Crippen LogP) is 2.63. The number of rotatable bonds is 4. The predicted molar refractivity (Wildman–Crippen MR) is 56.1 cm³/mol. The molecule has 0 aliphatic heterocycles. The Balaban J connectivity index is 4.21. The van der Waals surface area contributed by atoms with E-state index in [-0.39, 0.29) is 5.41 Å². The maximum Gasteiger partial charge on any atom is 0.119 e. The Morgan fingerprint density at radius 1 is 1.31 bits per heavy atom. The van der Waals surface area contributed by atoms with Crippen LogP contribution in [0.5, 0.6) is 0 Å². The van der Waals surface area contributed by atoms with Crippen molar-refractivity contribution in [1.29, 1.82) is 5.41 Å². The fraction of sp³-hybridized carbons (Fsp3) is 0.900. The van der Waals surface area contributed by atoms with E-state index in [2.05, 4.69) is 25.8 Å². The van der Waals surface area contributed by atoms with Crippen LogP contribution in [0.1, 0.15) is 47.0 Å². The van der Waals surface area contributed by atoms with Gasteiger partial charge in [-0.2, -0.15) is 0 Å².